The molecule has 1 aromatic carbocycles. The van der Waals surface area contributed by atoms with Crippen LogP contribution in [0.25, 0.3) is 0 Å². The number of aryl methyl sites for hydroxylation is 1. The standard InChI is InChI=1S/C12H15ClN2O.C12H19NO2/c1-10-6-11(13)8-12(7-10)15-4-2-14(9-16)3-5-15;1-4-13-7-5-12(6-8-13)10(3)9(2)11(14)15-12/h6-9H,2-5H2,1H3;4-8H2,1-3H3. The van der Waals surface area contributed by atoms with Gasteiger partial charge in [0.15, 0.2) is 0 Å². The molecular weight excluding hydrogens is 414 g/mol. The fraction of sp³-hybridized carbons (Fsp3) is 0.583. The number of carbonyl (C=O) groups is 2. The van der Waals surface area contributed by atoms with Crippen LogP contribution in [0.1, 0.15) is 39.2 Å². The van der Waals surface area contributed by atoms with Gasteiger partial charge in [-0.05, 0) is 56.7 Å². The summed E-state index contributed by atoms with van der Waals surface area (Å²) in [6, 6.07) is 6.06. The molecule has 0 N–H and O–H groups in total. The number of ether oxygens (including phenoxy) is 1. The van der Waals surface area contributed by atoms with Crippen molar-refractivity contribution in [1.82, 2.24) is 9.80 Å². The van der Waals surface area contributed by atoms with Crippen LogP contribution in [0.5, 0.6) is 0 Å². The highest BCUT2D eigenvalue weighted by atomic mass is 35.5. The zero-order valence-electron chi connectivity index (χ0n) is 19.1. The topological polar surface area (TPSA) is 53.1 Å². The second-order valence-electron chi connectivity index (χ2n) is 8.68. The van der Waals surface area contributed by atoms with Crippen LogP contribution in [-0.2, 0) is 14.3 Å². The monoisotopic (exact) mass is 447 g/mol. The van der Waals surface area contributed by atoms with E-state index in [4.69, 9.17) is 16.3 Å². The van der Waals surface area contributed by atoms with E-state index in [2.05, 4.69) is 22.8 Å². The number of amides is 1. The number of carbonyl (C=O) groups excluding carboxylic acids is 2. The Balaban J connectivity index is 0.000000176. The molecule has 2 fully saturated rings. The van der Waals surface area contributed by atoms with Gasteiger partial charge in [0.2, 0.25) is 6.41 Å². The lowest BCUT2D eigenvalue weighted by Crippen LogP contribution is -2.45. The summed E-state index contributed by atoms with van der Waals surface area (Å²) >= 11 is 6.03. The number of rotatable bonds is 3. The molecule has 3 heterocycles. The molecule has 0 radical (unpaired) electrons. The molecule has 1 amide bonds. The van der Waals surface area contributed by atoms with Gasteiger partial charge >= 0.3 is 5.97 Å². The molecule has 170 valence electrons. The number of hydrogen-bond donors (Lipinski definition) is 0. The van der Waals surface area contributed by atoms with Gasteiger partial charge in [-0.3, -0.25) is 4.79 Å². The third kappa shape index (κ3) is 5.42. The highest BCUT2D eigenvalue weighted by molar-refractivity contribution is 6.30. The number of esters is 1. The van der Waals surface area contributed by atoms with E-state index >= 15 is 0 Å². The summed E-state index contributed by atoms with van der Waals surface area (Å²) in [5, 5.41) is 0.771. The molecule has 1 spiro atoms. The minimum absolute atomic E-state index is 0.113. The van der Waals surface area contributed by atoms with Gasteiger partial charge in [-0.1, -0.05) is 18.5 Å². The fourth-order valence-electron chi connectivity index (χ4n) is 4.52. The quantitative estimate of drug-likeness (QED) is 0.522. The molecule has 3 aliphatic heterocycles. The number of nitrogens with zero attached hydrogens (tertiary/aromatic N) is 3. The van der Waals surface area contributed by atoms with Gasteiger partial charge in [0.25, 0.3) is 0 Å². The maximum Gasteiger partial charge on any atom is 0.334 e. The average molecular weight is 448 g/mol. The minimum atomic E-state index is -0.257. The van der Waals surface area contributed by atoms with Crippen molar-refractivity contribution in [1.29, 1.82) is 0 Å². The SMILES string of the molecule is CCN1CCC2(CC1)OC(=O)C(C)=C2C.Cc1cc(Cl)cc(N2CCN(C=O)CC2)c1. The first-order valence-electron chi connectivity index (χ1n) is 11.1. The van der Waals surface area contributed by atoms with E-state index in [0.717, 1.165) is 86.9 Å². The van der Waals surface area contributed by atoms with Gasteiger partial charge in [0, 0.05) is 68.4 Å². The van der Waals surface area contributed by atoms with E-state index in [1.807, 2.05) is 32.9 Å². The summed E-state index contributed by atoms with van der Waals surface area (Å²) < 4.78 is 5.57. The van der Waals surface area contributed by atoms with Gasteiger partial charge in [-0.2, -0.15) is 0 Å². The molecule has 1 aromatic rings. The van der Waals surface area contributed by atoms with E-state index < -0.39 is 0 Å². The van der Waals surface area contributed by atoms with Crippen molar-refractivity contribution in [2.45, 2.75) is 46.1 Å². The highest BCUT2D eigenvalue weighted by Gasteiger charge is 2.45. The molecule has 3 aliphatic rings. The molecule has 0 aliphatic carbocycles. The predicted octanol–water partition coefficient (Wildman–Crippen LogP) is 3.66. The van der Waals surface area contributed by atoms with Gasteiger partial charge in [-0.15, -0.1) is 0 Å². The lowest BCUT2D eigenvalue weighted by molar-refractivity contribution is -0.150. The van der Waals surface area contributed by atoms with Gasteiger partial charge in [0.05, 0.1) is 0 Å². The maximum atomic E-state index is 11.5. The molecular formula is C24H34ClN3O3. The van der Waals surface area contributed by atoms with Crippen LogP contribution >= 0.6 is 11.6 Å². The summed E-state index contributed by atoms with van der Waals surface area (Å²) in [5.41, 5.74) is 4.03. The number of anilines is 1. The molecule has 0 aromatic heterocycles. The molecule has 2 saturated heterocycles. The van der Waals surface area contributed by atoms with Crippen molar-refractivity contribution < 1.29 is 14.3 Å². The highest BCUT2D eigenvalue weighted by Crippen LogP contribution is 2.40. The zero-order valence-corrected chi connectivity index (χ0v) is 19.9. The normalized spacial score (nSPS) is 21.1. The Morgan fingerprint density at radius 2 is 1.68 bits per heavy atom. The minimum Gasteiger partial charge on any atom is -0.451 e. The first-order chi connectivity index (χ1) is 14.8. The summed E-state index contributed by atoms with van der Waals surface area (Å²) in [4.78, 5) is 28.6. The Bertz CT molecular complexity index is 818. The molecule has 6 nitrogen and oxygen atoms in total. The average Bonchev–Trinajstić information content (AvgIpc) is 2.97. The molecule has 0 atom stereocenters. The Hall–Kier alpha value is -2.05. The van der Waals surface area contributed by atoms with Crippen LogP contribution < -0.4 is 4.90 Å². The summed E-state index contributed by atoms with van der Waals surface area (Å²) in [6.07, 6.45) is 2.83. The molecule has 0 unspecified atom stereocenters. The van der Waals surface area contributed by atoms with Gasteiger partial charge < -0.3 is 19.4 Å². The van der Waals surface area contributed by atoms with Crippen LogP contribution in [0, 0.1) is 6.92 Å². The Morgan fingerprint density at radius 1 is 1.03 bits per heavy atom. The van der Waals surface area contributed by atoms with Crippen LogP contribution in [0.2, 0.25) is 5.02 Å². The van der Waals surface area contributed by atoms with Gasteiger partial charge in [0.1, 0.15) is 5.60 Å². The van der Waals surface area contributed by atoms with Crippen LogP contribution in [0.3, 0.4) is 0 Å². The summed E-state index contributed by atoms with van der Waals surface area (Å²) in [5.74, 6) is -0.113. The number of halogens is 1. The second kappa shape index (κ2) is 10.0. The van der Waals surface area contributed by atoms with Gasteiger partial charge in [-0.25, -0.2) is 4.79 Å². The van der Waals surface area contributed by atoms with Crippen molar-refractivity contribution in [3.63, 3.8) is 0 Å². The lowest BCUT2D eigenvalue weighted by atomic mass is 9.84. The lowest BCUT2D eigenvalue weighted by Gasteiger charge is -2.38. The Kier molecular flexibility index (Phi) is 7.65. The molecule has 31 heavy (non-hydrogen) atoms. The van der Waals surface area contributed by atoms with E-state index in [9.17, 15) is 9.59 Å². The molecule has 0 saturated carbocycles. The van der Waals surface area contributed by atoms with Crippen molar-refractivity contribution in [3.8, 4) is 0 Å². The van der Waals surface area contributed by atoms with E-state index in [0.29, 0.717) is 0 Å². The van der Waals surface area contributed by atoms with Crippen molar-refractivity contribution >= 4 is 29.7 Å². The number of piperidine rings is 1. The van der Waals surface area contributed by atoms with E-state index in [-0.39, 0.29) is 11.6 Å². The second-order valence-corrected chi connectivity index (χ2v) is 9.12. The summed E-state index contributed by atoms with van der Waals surface area (Å²) in [7, 11) is 0. The first kappa shape index (κ1) is 23.6. The number of likely N-dealkylation sites (tertiary alicyclic amines) is 1. The number of hydrogen-bond acceptors (Lipinski definition) is 5. The Morgan fingerprint density at radius 3 is 2.16 bits per heavy atom. The molecule has 4 rings (SSSR count). The predicted molar refractivity (Wildman–Crippen MR) is 125 cm³/mol. The third-order valence-electron chi connectivity index (χ3n) is 6.81. The van der Waals surface area contributed by atoms with Crippen molar-refractivity contribution in [2.75, 3.05) is 50.7 Å². The largest absolute Gasteiger partial charge is 0.451 e. The zero-order chi connectivity index (χ0) is 22.6. The maximum absolute atomic E-state index is 11.5. The smallest absolute Gasteiger partial charge is 0.334 e. The number of benzene rings is 1. The fourth-order valence-corrected chi connectivity index (χ4v) is 4.80. The van der Waals surface area contributed by atoms with Crippen LogP contribution in [-0.4, -0.2) is 73.6 Å². The van der Waals surface area contributed by atoms with E-state index in [1.165, 1.54) is 5.56 Å². The van der Waals surface area contributed by atoms with Crippen molar-refractivity contribution in [2.24, 2.45) is 0 Å². The summed E-state index contributed by atoms with van der Waals surface area (Å²) in [6.45, 7) is 14.6. The first-order valence-corrected chi connectivity index (χ1v) is 11.5. The van der Waals surface area contributed by atoms with Crippen LogP contribution in [0.15, 0.2) is 29.3 Å². The van der Waals surface area contributed by atoms with Crippen molar-refractivity contribution in [3.05, 3.63) is 39.9 Å². The molecule has 0 bridgehead atoms. The van der Waals surface area contributed by atoms with Crippen LogP contribution in [0.4, 0.5) is 5.69 Å². The third-order valence-corrected chi connectivity index (χ3v) is 7.02. The number of piperazine rings is 1. The molecule has 7 heteroatoms. The van der Waals surface area contributed by atoms with E-state index in [1.54, 1.807) is 4.90 Å². The Labute approximate surface area is 190 Å².